The topological polar surface area (TPSA) is 49.4 Å². The quantitative estimate of drug-likeness (QED) is 0.468. The summed E-state index contributed by atoms with van der Waals surface area (Å²) in [6.07, 6.45) is 0. The van der Waals surface area contributed by atoms with Crippen molar-refractivity contribution >= 4 is 17.3 Å². The van der Waals surface area contributed by atoms with E-state index in [1.54, 1.807) is 23.5 Å². The van der Waals surface area contributed by atoms with Gasteiger partial charge in [-0.3, -0.25) is 0 Å². The number of carbonyl (C=O) groups is 1. The van der Waals surface area contributed by atoms with Gasteiger partial charge in [0.25, 0.3) is 0 Å². The van der Waals surface area contributed by atoms with Crippen LogP contribution in [0.15, 0.2) is 90.3 Å². The van der Waals surface area contributed by atoms with Gasteiger partial charge in [-0.1, -0.05) is 66.7 Å². The van der Waals surface area contributed by atoms with Crippen LogP contribution in [0.2, 0.25) is 0 Å². The van der Waals surface area contributed by atoms with Crippen molar-refractivity contribution in [1.82, 2.24) is 0 Å². The Kier molecular flexibility index (Phi) is 5.22. The Morgan fingerprint density at radius 1 is 0.821 bits per heavy atom. The fraction of sp³-hybridized carbons (Fsp3) is 0.0417. The van der Waals surface area contributed by atoms with Crippen molar-refractivity contribution in [3.8, 4) is 27.3 Å². The van der Waals surface area contributed by atoms with Gasteiger partial charge in [0.05, 0.1) is 5.97 Å². The molecule has 0 saturated carbocycles. The highest BCUT2D eigenvalue weighted by Crippen LogP contribution is 2.41. The molecule has 1 aromatic heterocycles. The van der Waals surface area contributed by atoms with Gasteiger partial charge in [-0.2, -0.15) is 0 Å². The van der Waals surface area contributed by atoms with Gasteiger partial charge in [0, 0.05) is 16.0 Å². The van der Waals surface area contributed by atoms with Crippen LogP contribution in [0.25, 0.3) is 21.6 Å². The van der Waals surface area contributed by atoms with E-state index < -0.39 is 5.97 Å². The molecule has 0 aliphatic rings. The van der Waals surface area contributed by atoms with Gasteiger partial charge in [0.15, 0.2) is 0 Å². The van der Waals surface area contributed by atoms with E-state index in [9.17, 15) is 9.90 Å². The molecule has 0 saturated heterocycles. The number of carboxylic acid groups (broad SMARTS) is 1. The second-order valence-corrected chi connectivity index (χ2v) is 7.21. The Morgan fingerprint density at radius 2 is 1.54 bits per heavy atom. The maximum absolute atomic E-state index is 11.0. The molecular weight excluding hydrogens is 368 g/mol. The number of hydrogen-bond donors (Lipinski definition) is 0. The third-order valence-electron chi connectivity index (χ3n) is 4.47. The normalized spacial score (nSPS) is 10.6. The molecule has 1 heterocycles. The van der Waals surface area contributed by atoms with Crippen LogP contribution in [0, 0.1) is 0 Å². The summed E-state index contributed by atoms with van der Waals surface area (Å²) in [6, 6.07) is 26.9. The molecule has 0 aliphatic carbocycles. The molecule has 0 spiro atoms. The number of benzene rings is 3. The van der Waals surface area contributed by atoms with Gasteiger partial charge in [-0.05, 0) is 40.3 Å². The minimum Gasteiger partial charge on any atom is -0.545 e. The first-order chi connectivity index (χ1) is 13.7. The molecule has 3 nitrogen and oxygen atoms in total. The molecule has 0 radical (unpaired) electrons. The van der Waals surface area contributed by atoms with Gasteiger partial charge in [-0.25, -0.2) is 0 Å². The molecule has 3 aromatic carbocycles. The SMILES string of the molecule is O=C([O-])c1ccc(-c2ccsc2-c2ccccc2OCc2ccccc2)cc1. The summed E-state index contributed by atoms with van der Waals surface area (Å²) in [5, 5.41) is 13.0. The molecule has 0 N–H and O–H groups in total. The molecule has 0 fully saturated rings. The van der Waals surface area contributed by atoms with Crippen LogP contribution >= 0.6 is 11.3 Å². The second kappa shape index (κ2) is 8.11. The van der Waals surface area contributed by atoms with Crippen LogP contribution in [-0.4, -0.2) is 5.97 Å². The maximum atomic E-state index is 11.0. The lowest BCUT2D eigenvalue weighted by Gasteiger charge is -2.12. The van der Waals surface area contributed by atoms with Crippen LogP contribution in [0.5, 0.6) is 5.75 Å². The first-order valence-corrected chi connectivity index (χ1v) is 9.76. The van der Waals surface area contributed by atoms with Crippen molar-refractivity contribution in [2.75, 3.05) is 0 Å². The van der Waals surface area contributed by atoms with E-state index in [2.05, 4.69) is 0 Å². The lowest BCUT2D eigenvalue weighted by atomic mass is 10.0. The van der Waals surface area contributed by atoms with E-state index in [1.807, 2.05) is 78.2 Å². The van der Waals surface area contributed by atoms with Crippen molar-refractivity contribution in [3.05, 3.63) is 101 Å². The van der Waals surface area contributed by atoms with Crippen LogP contribution in [0.4, 0.5) is 0 Å². The van der Waals surface area contributed by atoms with E-state index in [1.165, 1.54) is 0 Å². The zero-order valence-corrected chi connectivity index (χ0v) is 15.8. The summed E-state index contributed by atoms with van der Waals surface area (Å²) < 4.78 is 6.11. The molecule has 0 unspecified atom stereocenters. The third-order valence-corrected chi connectivity index (χ3v) is 5.41. The molecule has 4 rings (SSSR count). The maximum Gasteiger partial charge on any atom is 0.128 e. The predicted octanol–water partition coefficient (Wildman–Crippen LogP) is 5.02. The first kappa shape index (κ1) is 18.0. The van der Waals surface area contributed by atoms with Crippen molar-refractivity contribution in [2.24, 2.45) is 0 Å². The minimum absolute atomic E-state index is 0.173. The third kappa shape index (κ3) is 3.82. The van der Waals surface area contributed by atoms with Crippen molar-refractivity contribution < 1.29 is 14.6 Å². The molecule has 0 amide bonds. The van der Waals surface area contributed by atoms with E-state index >= 15 is 0 Å². The standard InChI is InChI=1S/C24H18O3S/c25-24(26)19-12-10-18(11-13-19)20-14-15-28-23(20)21-8-4-5-9-22(21)27-16-17-6-2-1-3-7-17/h1-15H,16H2,(H,25,26)/p-1. The monoisotopic (exact) mass is 385 g/mol. The van der Waals surface area contributed by atoms with E-state index in [-0.39, 0.29) is 5.56 Å². The summed E-state index contributed by atoms with van der Waals surface area (Å²) in [6.45, 7) is 0.499. The zero-order chi connectivity index (χ0) is 19.3. The summed E-state index contributed by atoms with van der Waals surface area (Å²) >= 11 is 1.64. The molecular formula is C24H17O3S-. The number of hydrogen-bond acceptors (Lipinski definition) is 4. The molecule has 0 aliphatic heterocycles. The highest BCUT2D eigenvalue weighted by atomic mass is 32.1. The Bertz CT molecular complexity index is 1080. The van der Waals surface area contributed by atoms with Crippen LogP contribution in [-0.2, 0) is 6.61 Å². The largest absolute Gasteiger partial charge is 0.545 e. The fourth-order valence-electron chi connectivity index (χ4n) is 3.05. The Hall–Kier alpha value is -3.37. The van der Waals surface area contributed by atoms with E-state index in [0.717, 1.165) is 32.9 Å². The Morgan fingerprint density at radius 3 is 2.29 bits per heavy atom. The Balaban J connectivity index is 1.65. The number of ether oxygens (including phenoxy) is 1. The van der Waals surface area contributed by atoms with Gasteiger partial charge in [0.2, 0.25) is 0 Å². The van der Waals surface area contributed by atoms with Gasteiger partial charge >= 0.3 is 0 Å². The lowest BCUT2D eigenvalue weighted by molar-refractivity contribution is -0.255. The highest BCUT2D eigenvalue weighted by molar-refractivity contribution is 7.14. The van der Waals surface area contributed by atoms with Crippen molar-refractivity contribution in [3.63, 3.8) is 0 Å². The molecule has 4 heteroatoms. The average molecular weight is 385 g/mol. The highest BCUT2D eigenvalue weighted by Gasteiger charge is 2.14. The summed E-state index contributed by atoms with van der Waals surface area (Å²) in [4.78, 5) is 12.1. The van der Waals surface area contributed by atoms with Gasteiger partial charge in [-0.15, -0.1) is 11.3 Å². The van der Waals surface area contributed by atoms with E-state index in [0.29, 0.717) is 6.61 Å². The summed E-state index contributed by atoms with van der Waals surface area (Å²) in [5.41, 5.74) is 4.31. The van der Waals surface area contributed by atoms with Crippen molar-refractivity contribution in [1.29, 1.82) is 0 Å². The van der Waals surface area contributed by atoms with Crippen LogP contribution in [0.1, 0.15) is 15.9 Å². The number of para-hydroxylation sites is 1. The predicted molar refractivity (Wildman–Crippen MR) is 110 cm³/mol. The molecule has 0 atom stereocenters. The number of carbonyl (C=O) groups excluding carboxylic acids is 1. The molecule has 4 aromatic rings. The Labute approximate surface area is 167 Å². The molecule has 0 bridgehead atoms. The molecule has 28 heavy (non-hydrogen) atoms. The number of thiophene rings is 1. The minimum atomic E-state index is -1.17. The number of carboxylic acids is 1. The smallest absolute Gasteiger partial charge is 0.128 e. The zero-order valence-electron chi connectivity index (χ0n) is 15.0. The van der Waals surface area contributed by atoms with Crippen LogP contribution < -0.4 is 9.84 Å². The summed E-state index contributed by atoms with van der Waals surface area (Å²) in [7, 11) is 0. The fourth-order valence-corrected chi connectivity index (χ4v) is 4.00. The summed E-state index contributed by atoms with van der Waals surface area (Å²) in [5.74, 6) is -0.349. The van der Waals surface area contributed by atoms with E-state index in [4.69, 9.17) is 4.74 Å². The van der Waals surface area contributed by atoms with Gasteiger partial charge < -0.3 is 14.6 Å². The van der Waals surface area contributed by atoms with Gasteiger partial charge in [0.1, 0.15) is 12.4 Å². The second-order valence-electron chi connectivity index (χ2n) is 6.30. The lowest BCUT2D eigenvalue weighted by Crippen LogP contribution is -2.21. The number of rotatable bonds is 6. The average Bonchev–Trinajstić information content (AvgIpc) is 3.23. The van der Waals surface area contributed by atoms with Crippen molar-refractivity contribution in [2.45, 2.75) is 6.61 Å². The number of aromatic carboxylic acids is 1. The first-order valence-electron chi connectivity index (χ1n) is 8.88. The van der Waals surface area contributed by atoms with Crippen LogP contribution in [0.3, 0.4) is 0 Å². The molecule has 138 valence electrons.